The lowest BCUT2D eigenvalue weighted by Crippen LogP contribution is -2.43. The zero-order valence-electron chi connectivity index (χ0n) is 22.2. The van der Waals surface area contributed by atoms with Crippen LogP contribution < -0.4 is 5.32 Å². The van der Waals surface area contributed by atoms with Gasteiger partial charge in [0.15, 0.2) is 5.60 Å². The van der Waals surface area contributed by atoms with Crippen LogP contribution in [0.2, 0.25) is 0 Å². The first-order valence-electron chi connectivity index (χ1n) is 12.9. The van der Waals surface area contributed by atoms with Crippen molar-refractivity contribution in [2.75, 3.05) is 19.6 Å². The largest absolute Gasteiger partial charge is 0.481 e. The monoisotopic (exact) mass is 533 g/mol. The number of aromatic nitrogens is 1. The quantitative estimate of drug-likeness (QED) is 0.239. The molecule has 1 amide bonds. The number of aliphatic carboxylic acids is 3. The summed E-state index contributed by atoms with van der Waals surface area (Å²) < 4.78 is 0. The molecule has 1 aliphatic heterocycles. The van der Waals surface area contributed by atoms with Crippen molar-refractivity contribution in [3.8, 4) is 0 Å². The number of likely N-dealkylation sites (tertiary alicyclic amines) is 1. The van der Waals surface area contributed by atoms with Gasteiger partial charge in [-0.3, -0.25) is 14.4 Å². The molecule has 1 aromatic carbocycles. The summed E-state index contributed by atoms with van der Waals surface area (Å²) >= 11 is 0. The van der Waals surface area contributed by atoms with Crippen LogP contribution in [0, 0.1) is 6.92 Å². The second-order valence-corrected chi connectivity index (χ2v) is 9.76. The van der Waals surface area contributed by atoms with E-state index in [0.29, 0.717) is 6.42 Å². The topological polar surface area (TPSA) is 180 Å². The van der Waals surface area contributed by atoms with Gasteiger partial charge < -0.3 is 35.6 Å². The molecular formula is C27H39N3O8. The van der Waals surface area contributed by atoms with Crippen LogP contribution in [0.1, 0.15) is 62.8 Å². The van der Waals surface area contributed by atoms with Gasteiger partial charge in [-0.2, -0.15) is 0 Å². The first-order valence-corrected chi connectivity index (χ1v) is 12.9. The van der Waals surface area contributed by atoms with Crippen LogP contribution in [0.25, 0.3) is 10.9 Å². The Morgan fingerprint density at radius 2 is 1.66 bits per heavy atom. The molecule has 38 heavy (non-hydrogen) atoms. The van der Waals surface area contributed by atoms with E-state index < -0.39 is 36.4 Å². The number of hydrogen-bond donors (Lipinski definition) is 6. The molecule has 2 heterocycles. The number of rotatable bonds is 12. The minimum Gasteiger partial charge on any atom is -0.481 e. The van der Waals surface area contributed by atoms with Gasteiger partial charge in [0.05, 0.1) is 19.3 Å². The molecule has 3 rings (SSSR count). The predicted octanol–water partition coefficient (Wildman–Crippen LogP) is 2.32. The van der Waals surface area contributed by atoms with E-state index in [0.717, 1.165) is 30.6 Å². The average molecular weight is 534 g/mol. The lowest BCUT2D eigenvalue weighted by molar-refractivity contribution is -0.170. The molecule has 2 aromatic rings. The van der Waals surface area contributed by atoms with Crippen molar-refractivity contribution in [2.24, 2.45) is 0 Å². The summed E-state index contributed by atoms with van der Waals surface area (Å²) in [6.07, 6.45) is 2.72. The molecule has 0 radical (unpaired) electrons. The van der Waals surface area contributed by atoms with Crippen LogP contribution in [-0.2, 0) is 32.0 Å². The number of nitrogens with zero attached hydrogens (tertiary/aromatic N) is 1. The Morgan fingerprint density at radius 1 is 1.05 bits per heavy atom. The zero-order valence-corrected chi connectivity index (χ0v) is 22.2. The Labute approximate surface area is 221 Å². The van der Waals surface area contributed by atoms with Gasteiger partial charge >= 0.3 is 17.9 Å². The van der Waals surface area contributed by atoms with E-state index in [1.54, 1.807) is 0 Å². The van der Waals surface area contributed by atoms with Crippen LogP contribution in [0.4, 0.5) is 0 Å². The van der Waals surface area contributed by atoms with Crippen LogP contribution in [0.15, 0.2) is 18.2 Å². The molecule has 0 spiro atoms. The van der Waals surface area contributed by atoms with E-state index in [1.807, 2.05) is 0 Å². The van der Waals surface area contributed by atoms with Gasteiger partial charge in [-0.25, -0.2) is 4.79 Å². The first kappa shape index (κ1) is 30.8. The number of hydrogen-bond acceptors (Lipinski definition) is 6. The minimum absolute atomic E-state index is 0.136. The molecule has 210 valence electrons. The number of fused-ring (bicyclic) bond motifs is 1. The fourth-order valence-electron chi connectivity index (χ4n) is 4.69. The number of carbonyl (C=O) groups excluding carboxylic acids is 1. The van der Waals surface area contributed by atoms with E-state index in [9.17, 15) is 19.2 Å². The second kappa shape index (κ2) is 13.9. The van der Waals surface area contributed by atoms with Crippen molar-refractivity contribution in [3.63, 3.8) is 0 Å². The molecule has 1 saturated heterocycles. The number of H-pyrrole nitrogens is 1. The van der Waals surface area contributed by atoms with Crippen LogP contribution in [0.5, 0.6) is 0 Å². The van der Waals surface area contributed by atoms with Crippen LogP contribution in [-0.4, -0.2) is 85.4 Å². The van der Waals surface area contributed by atoms with Gasteiger partial charge in [0.1, 0.15) is 0 Å². The van der Waals surface area contributed by atoms with Gasteiger partial charge in [0.25, 0.3) is 0 Å². The Balaban J connectivity index is 0.000000332. The zero-order chi connectivity index (χ0) is 28.5. The van der Waals surface area contributed by atoms with E-state index in [2.05, 4.69) is 54.2 Å². The average Bonchev–Trinajstić information content (AvgIpc) is 3.45. The van der Waals surface area contributed by atoms with Gasteiger partial charge in [-0.05, 0) is 56.8 Å². The number of benzene rings is 1. The number of nitrogens with one attached hydrogen (secondary N) is 2. The lowest BCUT2D eigenvalue weighted by Gasteiger charge is -2.23. The maximum Gasteiger partial charge on any atom is 0.336 e. The first-order chi connectivity index (χ1) is 17.9. The fraction of sp³-hybridized carbons (Fsp3) is 0.556. The number of carboxylic acids is 3. The fourth-order valence-corrected chi connectivity index (χ4v) is 4.69. The summed E-state index contributed by atoms with van der Waals surface area (Å²) in [6, 6.07) is 6.63. The van der Waals surface area contributed by atoms with Crippen LogP contribution in [0.3, 0.4) is 0 Å². The summed E-state index contributed by atoms with van der Waals surface area (Å²) in [6.45, 7) is 9.73. The van der Waals surface area contributed by atoms with E-state index in [-0.39, 0.29) is 11.9 Å². The van der Waals surface area contributed by atoms with Gasteiger partial charge in [0, 0.05) is 29.2 Å². The molecule has 0 saturated carbocycles. The number of aliphatic hydroxyl groups is 1. The third-order valence-electron chi connectivity index (χ3n) is 6.78. The molecule has 1 fully saturated rings. The van der Waals surface area contributed by atoms with Crippen molar-refractivity contribution < 1.29 is 39.6 Å². The van der Waals surface area contributed by atoms with Crippen molar-refractivity contribution in [1.82, 2.24) is 15.2 Å². The highest BCUT2D eigenvalue weighted by molar-refractivity contribution is 5.92. The molecule has 1 aliphatic rings. The predicted molar refractivity (Wildman–Crippen MR) is 141 cm³/mol. The van der Waals surface area contributed by atoms with Crippen molar-refractivity contribution in [2.45, 2.75) is 77.4 Å². The summed E-state index contributed by atoms with van der Waals surface area (Å²) in [5.74, 6) is -4.88. The standard InChI is InChI=1S/C21H31N3O.C6H8O7/c1-4-16-9-8-10-18-19(15(3)22-21(16)18)13-20(25)23-17(5-2)14-24-11-6-7-12-24;7-3(8)1-6(13,5(11)12)2-4(9)10/h8-10,17,22H,4-7,11-14H2,1-3H3,(H,23,25);13H,1-2H2,(H,7,8)(H,9,10)(H,11,12). The number of aromatic amines is 1. The molecule has 1 atom stereocenters. The third-order valence-corrected chi connectivity index (χ3v) is 6.78. The molecule has 11 heteroatoms. The maximum atomic E-state index is 12.7. The van der Waals surface area contributed by atoms with Gasteiger partial charge in [0.2, 0.25) is 5.91 Å². The lowest BCUT2D eigenvalue weighted by atomic mass is 9.96. The smallest absolute Gasteiger partial charge is 0.336 e. The highest BCUT2D eigenvalue weighted by Crippen LogP contribution is 2.26. The van der Waals surface area contributed by atoms with Crippen molar-refractivity contribution >= 4 is 34.7 Å². The van der Waals surface area contributed by atoms with Gasteiger partial charge in [-0.1, -0.05) is 32.0 Å². The summed E-state index contributed by atoms with van der Waals surface area (Å²) in [7, 11) is 0. The number of carboxylic acid groups (broad SMARTS) is 3. The van der Waals surface area contributed by atoms with Crippen LogP contribution >= 0.6 is 0 Å². The highest BCUT2D eigenvalue weighted by atomic mass is 16.4. The van der Waals surface area contributed by atoms with E-state index in [4.69, 9.17) is 20.4 Å². The third kappa shape index (κ3) is 8.56. The number of amides is 1. The van der Waals surface area contributed by atoms with E-state index >= 15 is 0 Å². The second-order valence-electron chi connectivity index (χ2n) is 9.76. The molecule has 0 bridgehead atoms. The Bertz CT molecular complexity index is 1120. The van der Waals surface area contributed by atoms with Crippen molar-refractivity contribution in [3.05, 3.63) is 35.0 Å². The number of aryl methyl sites for hydroxylation is 2. The summed E-state index contributed by atoms with van der Waals surface area (Å²) in [5.41, 5.74) is 2.01. The molecule has 1 unspecified atom stereocenters. The SMILES string of the molecule is CCc1cccc2c(CC(=O)NC(CC)CN3CCCC3)c(C)[nH]c12.O=C(O)CC(O)(CC(=O)O)C(=O)O. The number of para-hydroxylation sites is 1. The molecule has 0 aliphatic carbocycles. The number of carbonyl (C=O) groups is 4. The normalized spacial score (nSPS) is 14.5. The Morgan fingerprint density at radius 3 is 2.16 bits per heavy atom. The van der Waals surface area contributed by atoms with Gasteiger partial charge in [-0.15, -0.1) is 0 Å². The highest BCUT2D eigenvalue weighted by Gasteiger charge is 2.40. The molecule has 11 nitrogen and oxygen atoms in total. The summed E-state index contributed by atoms with van der Waals surface area (Å²) in [4.78, 5) is 49.1. The molecule has 6 N–H and O–H groups in total. The molecular weight excluding hydrogens is 494 g/mol. The van der Waals surface area contributed by atoms with E-state index in [1.165, 1.54) is 42.4 Å². The minimum atomic E-state index is -2.74. The maximum absolute atomic E-state index is 12.7. The Kier molecular flexibility index (Phi) is 11.3. The summed E-state index contributed by atoms with van der Waals surface area (Å²) in [5, 5.41) is 38.3. The Hall–Kier alpha value is -3.44. The molecule has 1 aromatic heterocycles. The van der Waals surface area contributed by atoms with Crippen molar-refractivity contribution in [1.29, 1.82) is 0 Å².